The number of hydrogen-bond donors (Lipinski definition) is 1. The lowest BCUT2D eigenvalue weighted by Crippen LogP contribution is -2.12. The Kier molecular flexibility index (Phi) is 4.90. The van der Waals surface area contributed by atoms with E-state index in [0.717, 1.165) is 38.1 Å². The minimum atomic E-state index is -0.462. The Morgan fingerprint density at radius 2 is 1.89 bits per heavy atom. The fourth-order valence-corrected chi connectivity index (χ4v) is 3.40. The van der Waals surface area contributed by atoms with Gasteiger partial charge in [-0.25, -0.2) is 8.78 Å². The Labute approximate surface area is 161 Å². The number of nitrogens with zero attached hydrogens (tertiary/aromatic N) is 3. The zero-order valence-electron chi connectivity index (χ0n) is 15.5. The molecule has 28 heavy (non-hydrogen) atoms. The molecule has 1 N–H and O–H groups in total. The largest absolute Gasteiger partial charge is 0.322 e. The second-order valence-corrected chi connectivity index (χ2v) is 7.01. The molecule has 7 heteroatoms. The van der Waals surface area contributed by atoms with Gasteiger partial charge >= 0.3 is 0 Å². The number of benzene rings is 2. The predicted molar refractivity (Wildman–Crippen MR) is 102 cm³/mol. The van der Waals surface area contributed by atoms with Gasteiger partial charge in [0.2, 0.25) is 0 Å². The molecule has 0 atom stereocenters. The standard InChI is InChI=1S/C21H20F2N4O/c1-13-6-7-14(11-18(13)23)21(28)24-15-8-9-17(22)16(12-15)20-26-25-19-5-3-2-4-10-27(19)20/h6-9,11-12H,2-5,10H2,1H3,(H,24,28). The number of nitrogens with one attached hydrogen (secondary N) is 1. The van der Waals surface area contributed by atoms with E-state index < -0.39 is 17.5 Å². The fraction of sp³-hybridized carbons (Fsp3) is 0.286. The van der Waals surface area contributed by atoms with Crippen LogP contribution in [0.5, 0.6) is 0 Å². The molecule has 0 saturated heterocycles. The molecule has 0 bridgehead atoms. The number of aromatic nitrogens is 3. The quantitative estimate of drug-likeness (QED) is 0.725. The Balaban J connectivity index is 1.63. The van der Waals surface area contributed by atoms with Crippen molar-refractivity contribution in [3.8, 4) is 11.4 Å². The molecule has 0 aliphatic carbocycles. The molecule has 4 rings (SSSR count). The lowest BCUT2D eigenvalue weighted by Gasteiger charge is -2.11. The molecule has 5 nitrogen and oxygen atoms in total. The Morgan fingerprint density at radius 1 is 1.04 bits per heavy atom. The smallest absolute Gasteiger partial charge is 0.255 e. The highest BCUT2D eigenvalue weighted by atomic mass is 19.1. The van der Waals surface area contributed by atoms with E-state index in [9.17, 15) is 13.6 Å². The van der Waals surface area contributed by atoms with Crippen LogP contribution in [0.15, 0.2) is 36.4 Å². The van der Waals surface area contributed by atoms with E-state index in [1.54, 1.807) is 25.1 Å². The molecule has 0 spiro atoms. The van der Waals surface area contributed by atoms with Gasteiger partial charge in [0.05, 0.1) is 5.56 Å². The van der Waals surface area contributed by atoms with Gasteiger partial charge in [-0.3, -0.25) is 4.79 Å². The van der Waals surface area contributed by atoms with Crippen LogP contribution in [0.3, 0.4) is 0 Å². The van der Waals surface area contributed by atoms with Crippen LogP contribution in [-0.4, -0.2) is 20.7 Å². The average Bonchev–Trinajstić information content (AvgIpc) is 2.93. The van der Waals surface area contributed by atoms with Gasteiger partial charge in [0.25, 0.3) is 5.91 Å². The van der Waals surface area contributed by atoms with Crippen LogP contribution >= 0.6 is 0 Å². The number of halogens is 2. The van der Waals surface area contributed by atoms with Crippen LogP contribution < -0.4 is 5.32 Å². The molecule has 144 valence electrons. The van der Waals surface area contributed by atoms with E-state index >= 15 is 0 Å². The molecule has 2 aromatic carbocycles. The van der Waals surface area contributed by atoms with Gasteiger partial charge in [-0.05, 0) is 55.7 Å². The highest BCUT2D eigenvalue weighted by molar-refractivity contribution is 6.04. The van der Waals surface area contributed by atoms with Gasteiger partial charge in [0, 0.05) is 24.2 Å². The van der Waals surface area contributed by atoms with E-state index in [2.05, 4.69) is 15.5 Å². The first kappa shape index (κ1) is 18.3. The molecular formula is C21H20F2N4O. The monoisotopic (exact) mass is 382 g/mol. The summed E-state index contributed by atoms with van der Waals surface area (Å²) in [5.74, 6) is -0.0164. The summed E-state index contributed by atoms with van der Waals surface area (Å²) < 4.78 is 30.2. The van der Waals surface area contributed by atoms with Crippen LogP contribution in [0, 0.1) is 18.6 Å². The Bertz CT molecular complexity index is 1040. The summed E-state index contributed by atoms with van der Waals surface area (Å²) in [6.45, 7) is 2.38. The zero-order chi connectivity index (χ0) is 19.7. The topological polar surface area (TPSA) is 59.8 Å². The molecule has 0 unspecified atom stereocenters. The van der Waals surface area contributed by atoms with Crippen LogP contribution in [0.4, 0.5) is 14.5 Å². The van der Waals surface area contributed by atoms with Crippen LogP contribution in [0.2, 0.25) is 0 Å². The molecule has 2 heterocycles. The number of fused-ring (bicyclic) bond motifs is 1. The van der Waals surface area contributed by atoms with Gasteiger partial charge in [0.15, 0.2) is 5.82 Å². The number of carbonyl (C=O) groups excluding carboxylic acids is 1. The molecule has 1 aliphatic heterocycles. The lowest BCUT2D eigenvalue weighted by atomic mass is 10.1. The number of aryl methyl sites for hydroxylation is 2. The molecule has 0 fully saturated rings. The summed E-state index contributed by atoms with van der Waals surface area (Å²) in [5.41, 5.74) is 1.36. The van der Waals surface area contributed by atoms with Gasteiger partial charge in [-0.2, -0.15) is 0 Å². The van der Waals surface area contributed by atoms with E-state index in [1.165, 1.54) is 18.2 Å². The summed E-state index contributed by atoms with van der Waals surface area (Å²) >= 11 is 0. The highest BCUT2D eigenvalue weighted by Crippen LogP contribution is 2.27. The molecule has 1 amide bonds. The van der Waals surface area contributed by atoms with Gasteiger partial charge in [0.1, 0.15) is 17.5 Å². The van der Waals surface area contributed by atoms with E-state index in [1.807, 2.05) is 4.57 Å². The Hall–Kier alpha value is -3.09. The number of rotatable bonds is 3. The van der Waals surface area contributed by atoms with Gasteiger partial charge < -0.3 is 9.88 Å². The second-order valence-electron chi connectivity index (χ2n) is 7.01. The first-order valence-corrected chi connectivity index (χ1v) is 9.32. The van der Waals surface area contributed by atoms with E-state index in [4.69, 9.17) is 0 Å². The van der Waals surface area contributed by atoms with Crippen LogP contribution in [-0.2, 0) is 13.0 Å². The normalized spacial score (nSPS) is 13.7. The summed E-state index contributed by atoms with van der Waals surface area (Å²) in [7, 11) is 0. The average molecular weight is 382 g/mol. The summed E-state index contributed by atoms with van der Waals surface area (Å²) in [4.78, 5) is 12.4. The predicted octanol–water partition coefficient (Wildman–Crippen LogP) is 4.51. The number of amides is 1. The maximum atomic E-state index is 14.5. The first-order valence-electron chi connectivity index (χ1n) is 9.32. The molecule has 1 aromatic heterocycles. The van der Waals surface area contributed by atoms with Crippen molar-refractivity contribution in [2.75, 3.05) is 5.32 Å². The molecule has 1 aliphatic rings. The fourth-order valence-electron chi connectivity index (χ4n) is 3.40. The van der Waals surface area contributed by atoms with E-state index in [0.29, 0.717) is 17.1 Å². The van der Waals surface area contributed by atoms with Crippen LogP contribution in [0.25, 0.3) is 11.4 Å². The van der Waals surface area contributed by atoms with Gasteiger partial charge in [-0.1, -0.05) is 12.5 Å². The Morgan fingerprint density at radius 3 is 2.71 bits per heavy atom. The SMILES string of the molecule is Cc1ccc(C(=O)Nc2ccc(F)c(-c3nnc4n3CCCCC4)c2)cc1F. The molecule has 3 aromatic rings. The van der Waals surface area contributed by atoms with Crippen molar-refractivity contribution in [1.82, 2.24) is 14.8 Å². The molecule has 0 saturated carbocycles. The summed E-state index contributed by atoms with van der Waals surface area (Å²) in [6, 6.07) is 8.59. The van der Waals surface area contributed by atoms with Crippen molar-refractivity contribution in [3.05, 3.63) is 65.0 Å². The van der Waals surface area contributed by atoms with Gasteiger partial charge in [-0.15, -0.1) is 10.2 Å². The van der Waals surface area contributed by atoms with Crippen molar-refractivity contribution < 1.29 is 13.6 Å². The van der Waals surface area contributed by atoms with Crippen molar-refractivity contribution >= 4 is 11.6 Å². The second kappa shape index (κ2) is 7.50. The van der Waals surface area contributed by atoms with Crippen LogP contribution in [0.1, 0.15) is 41.0 Å². The minimum Gasteiger partial charge on any atom is -0.322 e. The van der Waals surface area contributed by atoms with Crippen molar-refractivity contribution in [2.24, 2.45) is 0 Å². The summed E-state index contributed by atoms with van der Waals surface area (Å²) in [5, 5.41) is 11.1. The third kappa shape index (κ3) is 3.52. The number of anilines is 1. The number of carbonyl (C=O) groups is 1. The number of hydrogen-bond acceptors (Lipinski definition) is 3. The third-order valence-corrected chi connectivity index (χ3v) is 5.01. The highest BCUT2D eigenvalue weighted by Gasteiger charge is 2.19. The van der Waals surface area contributed by atoms with E-state index in [-0.39, 0.29) is 11.1 Å². The lowest BCUT2D eigenvalue weighted by molar-refractivity contribution is 0.102. The summed E-state index contributed by atoms with van der Waals surface area (Å²) in [6.07, 6.45) is 3.97. The van der Waals surface area contributed by atoms with Crippen molar-refractivity contribution in [2.45, 2.75) is 39.2 Å². The first-order chi connectivity index (χ1) is 13.5. The maximum Gasteiger partial charge on any atom is 0.255 e. The maximum absolute atomic E-state index is 14.5. The third-order valence-electron chi connectivity index (χ3n) is 5.01. The minimum absolute atomic E-state index is 0.199. The zero-order valence-corrected chi connectivity index (χ0v) is 15.5. The molecule has 0 radical (unpaired) electrons. The van der Waals surface area contributed by atoms with Crippen molar-refractivity contribution in [3.63, 3.8) is 0 Å². The van der Waals surface area contributed by atoms with Crippen molar-refractivity contribution in [1.29, 1.82) is 0 Å². The molecular weight excluding hydrogens is 362 g/mol.